The Labute approximate surface area is 185 Å². The van der Waals surface area contributed by atoms with Gasteiger partial charge in [0.1, 0.15) is 10.7 Å². The number of rotatable bonds is 5. The molecule has 1 amide bonds. The van der Waals surface area contributed by atoms with Gasteiger partial charge in [-0.2, -0.15) is 5.10 Å². The Morgan fingerprint density at radius 2 is 2.03 bits per heavy atom. The molecule has 10 heteroatoms. The quantitative estimate of drug-likeness (QED) is 0.354. The fraction of sp³-hybridized carbons (Fsp3) is 0.0455. The number of nitrogens with zero attached hydrogens (tertiary/aromatic N) is 4. The van der Waals surface area contributed by atoms with Gasteiger partial charge in [-0.15, -0.1) is 0 Å². The molecule has 32 heavy (non-hydrogen) atoms. The maximum absolute atomic E-state index is 14.0. The molecule has 0 spiro atoms. The number of aromatic nitrogens is 5. The highest BCUT2D eigenvalue weighted by Gasteiger charge is 2.15. The average molecular weight is 445 g/mol. The van der Waals surface area contributed by atoms with Gasteiger partial charge in [0.25, 0.3) is 5.91 Å². The van der Waals surface area contributed by atoms with Crippen LogP contribution in [-0.2, 0) is 0 Å². The number of carbonyl (C=O) groups excluding carboxylic acids is 1. The molecule has 1 aromatic carbocycles. The first kappa shape index (κ1) is 19.8. The van der Waals surface area contributed by atoms with E-state index in [-0.39, 0.29) is 5.91 Å². The summed E-state index contributed by atoms with van der Waals surface area (Å²) in [7, 11) is 0. The minimum absolute atomic E-state index is 0.270. The summed E-state index contributed by atoms with van der Waals surface area (Å²) in [6.07, 6.45) is 5.84. The molecule has 0 fully saturated rings. The second-order valence-electron chi connectivity index (χ2n) is 6.96. The molecule has 4 heterocycles. The van der Waals surface area contributed by atoms with Crippen LogP contribution in [0.1, 0.15) is 15.2 Å². The molecule has 3 N–H and O–H groups in total. The monoisotopic (exact) mass is 445 g/mol. The maximum Gasteiger partial charge on any atom is 0.267 e. The molecule has 0 unspecified atom stereocenters. The number of nitrogens with one attached hydrogen (secondary N) is 3. The number of halogens is 1. The molecule has 0 aliphatic rings. The molecule has 0 saturated carbocycles. The molecule has 8 nitrogen and oxygen atoms in total. The SMILES string of the molecule is Cc1ccc2[nH]ncc2c1NC(=O)c1cnc(Nc2cccc(-c3ccncc3F)n2)s1. The van der Waals surface area contributed by atoms with Crippen LogP contribution in [0.15, 0.2) is 61.2 Å². The maximum atomic E-state index is 14.0. The number of hydrogen-bond donors (Lipinski definition) is 3. The molecule has 5 aromatic rings. The van der Waals surface area contributed by atoms with Crippen molar-refractivity contribution < 1.29 is 9.18 Å². The van der Waals surface area contributed by atoms with Gasteiger partial charge in [0.15, 0.2) is 10.9 Å². The van der Waals surface area contributed by atoms with E-state index >= 15 is 0 Å². The van der Waals surface area contributed by atoms with Crippen LogP contribution in [0.2, 0.25) is 0 Å². The van der Waals surface area contributed by atoms with Crippen molar-refractivity contribution in [2.75, 3.05) is 10.6 Å². The predicted octanol–water partition coefficient (Wildman–Crippen LogP) is 4.92. The number of fused-ring (bicyclic) bond motifs is 1. The zero-order chi connectivity index (χ0) is 22.1. The van der Waals surface area contributed by atoms with Crippen molar-refractivity contribution in [3.05, 3.63) is 77.4 Å². The molecule has 0 atom stereocenters. The Morgan fingerprint density at radius 3 is 2.91 bits per heavy atom. The Balaban J connectivity index is 1.35. The number of aryl methyl sites for hydroxylation is 1. The van der Waals surface area contributed by atoms with Crippen molar-refractivity contribution in [2.24, 2.45) is 0 Å². The zero-order valence-corrected chi connectivity index (χ0v) is 17.6. The standard InChI is InChI=1S/C22H16FN7OS/c1-12-5-6-17-14(9-26-30-17)20(12)29-21(31)18-11-25-22(32-18)28-19-4-2-3-16(27-19)13-7-8-24-10-15(13)23/h2-11H,1H3,(H,26,30)(H,29,31)(H,25,27,28). The molecule has 0 radical (unpaired) electrons. The van der Waals surface area contributed by atoms with E-state index in [1.165, 1.54) is 23.7 Å². The number of thiazole rings is 1. The lowest BCUT2D eigenvalue weighted by Crippen LogP contribution is -2.11. The summed E-state index contributed by atoms with van der Waals surface area (Å²) in [6, 6.07) is 10.6. The summed E-state index contributed by atoms with van der Waals surface area (Å²) in [5, 5.41) is 14.3. The van der Waals surface area contributed by atoms with Gasteiger partial charge in [0.05, 0.1) is 35.5 Å². The average Bonchev–Trinajstić information content (AvgIpc) is 3.46. The van der Waals surface area contributed by atoms with Crippen molar-refractivity contribution >= 4 is 44.8 Å². The lowest BCUT2D eigenvalue weighted by Gasteiger charge is -2.08. The molecular formula is C22H16FN7OS. The van der Waals surface area contributed by atoms with Crippen LogP contribution in [0, 0.1) is 12.7 Å². The first-order valence-electron chi connectivity index (χ1n) is 9.62. The number of benzene rings is 1. The third-order valence-corrected chi connectivity index (χ3v) is 5.74. The number of anilines is 3. The smallest absolute Gasteiger partial charge is 0.267 e. The predicted molar refractivity (Wildman–Crippen MR) is 122 cm³/mol. The lowest BCUT2D eigenvalue weighted by atomic mass is 10.1. The van der Waals surface area contributed by atoms with Gasteiger partial charge in [0, 0.05) is 17.1 Å². The van der Waals surface area contributed by atoms with Crippen LogP contribution in [-0.4, -0.2) is 31.1 Å². The molecule has 158 valence electrons. The Kier molecular flexibility index (Phi) is 5.04. The first-order valence-corrected chi connectivity index (χ1v) is 10.4. The first-order chi connectivity index (χ1) is 15.6. The summed E-state index contributed by atoms with van der Waals surface area (Å²) < 4.78 is 14.0. The summed E-state index contributed by atoms with van der Waals surface area (Å²) >= 11 is 1.19. The topological polar surface area (TPSA) is 108 Å². The number of pyridine rings is 2. The van der Waals surface area contributed by atoms with E-state index in [1.54, 1.807) is 30.5 Å². The van der Waals surface area contributed by atoms with Gasteiger partial charge in [-0.1, -0.05) is 23.5 Å². The number of carbonyl (C=O) groups is 1. The number of aromatic amines is 1. The van der Waals surface area contributed by atoms with Gasteiger partial charge in [-0.3, -0.25) is 14.9 Å². The van der Waals surface area contributed by atoms with E-state index in [4.69, 9.17) is 0 Å². The van der Waals surface area contributed by atoms with Crippen molar-refractivity contribution in [3.8, 4) is 11.3 Å². The molecule has 4 aromatic heterocycles. The summed E-state index contributed by atoms with van der Waals surface area (Å²) in [4.78, 5) is 25.7. The van der Waals surface area contributed by atoms with Crippen LogP contribution >= 0.6 is 11.3 Å². The highest BCUT2D eigenvalue weighted by molar-refractivity contribution is 7.17. The summed E-state index contributed by atoms with van der Waals surface area (Å²) in [5.41, 5.74) is 3.30. The van der Waals surface area contributed by atoms with Crippen LogP contribution in [0.25, 0.3) is 22.2 Å². The number of hydrogen-bond acceptors (Lipinski definition) is 7. The van der Waals surface area contributed by atoms with Gasteiger partial charge in [-0.25, -0.2) is 14.4 Å². The summed E-state index contributed by atoms with van der Waals surface area (Å²) in [6.45, 7) is 1.92. The molecule has 0 aliphatic carbocycles. The van der Waals surface area contributed by atoms with Crippen LogP contribution in [0.4, 0.5) is 21.0 Å². The zero-order valence-electron chi connectivity index (χ0n) is 16.8. The normalized spacial score (nSPS) is 10.9. The minimum Gasteiger partial charge on any atom is -0.320 e. The van der Waals surface area contributed by atoms with E-state index in [0.29, 0.717) is 32.8 Å². The van der Waals surface area contributed by atoms with E-state index in [1.807, 2.05) is 19.1 Å². The highest BCUT2D eigenvalue weighted by Crippen LogP contribution is 2.28. The number of amides is 1. The number of H-pyrrole nitrogens is 1. The summed E-state index contributed by atoms with van der Waals surface area (Å²) in [5.74, 6) is -0.236. The third kappa shape index (κ3) is 3.79. The van der Waals surface area contributed by atoms with Gasteiger partial charge in [0.2, 0.25) is 0 Å². The molecule has 0 bridgehead atoms. The van der Waals surface area contributed by atoms with Crippen molar-refractivity contribution in [1.82, 2.24) is 25.1 Å². The second-order valence-corrected chi connectivity index (χ2v) is 7.99. The highest BCUT2D eigenvalue weighted by atomic mass is 32.1. The van der Waals surface area contributed by atoms with E-state index < -0.39 is 5.82 Å². The van der Waals surface area contributed by atoms with Crippen LogP contribution < -0.4 is 10.6 Å². The van der Waals surface area contributed by atoms with Crippen molar-refractivity contribution in [1.29, 1.82) is 0 Å². The van der Waals surface area contributed by atoms with Gasteiger partial charge in [-0.05, 0) is 36.8 Å². The lowest BCUT2D eigenvalue weighted by molar-refractivity contribution is 0.103. The minimum atomic E-state index is -0.451. The molecule has 5 rings (SSSR count). The van der Waals surface area contributed by atoms with Gasteiger partial charge >= 0.3 is 0 Å². The van der Waals surface area contributed by atoms with Crippen LogP contribution in [0.5, 0.6) is 0 Å². The van der Waals surface area contributed by atoms with Crippen molar-refractivity contribution in [2.45, 2.75) is 6.92 Å². The second kappa shape index (κ2) is 8.16. The fourth-order valence-electron chi connectivity index (χ4n) is 3.25. The molecule has 0 saturated heterocycles. The van der Waals surface area contributed by atoms with Gasteiger partial charge < -0.3 is 10.6 Å². The van der Waals surface area contributed by atoms with E-state index in [2.05, 4.69) is 35.8 Å². The van der Waals surface area contributed by atoms with Crippen molar-refractivity contribution in [3.63, 3.8) is 0 Å². The Morgan fingerprint density at radius 1 is 1.12 bits per heavy atom. The molecular weight excluding hydrogens is 429 g/mol. The fourth-order valence-corrected chi connectivity index (χ4v) is 3.97. The largest absolute Gasteiger partial charge is 0.320 e. The Bertz CT molecular complexity index is 1450. The van der Waals surface area contributed by atoms with E-state index in [0.717, 1.165) is 22.7 Å². The van der Waals surface area contributed by atoms with E-state index in [9.17, 15) is 9.18 Å². The molecule has 0 aliphatic heterocycles. The Hall–Kier alpha value is -4.18. The third-order valence-electron chi connectivity index (χ3n) is 4.83. The van der Waals surface area contributed by atoms with Crippen LogP contribution in [0.3, 0.4) is 0 Å².